The van der Waals surface area contributed by atoms with Gasteiger partial charge in [-0.2, -0.15) is 0 Å². The van der Waals surface area contributed by atoms with E-state index in [0.29, 0.717) is 38.1 Å². The van der Waals surface area contributed by atoms with Crippen LogP contribution >= 0.6 is 11.6 Å². The Hall–Kier alpha value is -1.31. The predicted molar refractivity (Wildman–Crippen MR) is 114 cm³/mol. The number of carbonyl (C=O) groups excluding carboxylic acids is 1. The quantitative estimate of drug-likeness (QED) is 0.642. The normalized spacial score (nSPS) is 30.3. The summed E-state index contributed by atoms with van der Waals surface area (Å²) in [4.78, 5) is 17.0. The lowest BCUT2D eigenvalue weighted by Crippen LogP contribution is -2.44. The molecule has 2 fully saturated rings. The number of carbonyl (C=O) groups is 1. The van der Waals surface area contributed by atoms with Crippen molar-refractivity contribution in [1.82, 2.24) is 14.4 Å². The maximum Gasteiger partial charge on any atom is 0.224 e. The number of nitrogens with zero attached hydrogens (tertiary/aromatic N) is 3. The molecule has 3 aliphatic heterocycles. The smallest absolute Gasteiger partial charge is 0.224 e. The van der Waals surface area contributed by atoms with Crippen LogP contribution in [0.15, 0.2) is 0 Å². The van der Waals surface area contributed by atoms with Gasteiger partial charge in [-0.05, 0) is 31.9 Å². The van der Waals surface area contributed by atoms with Gasteiger partial charge in [-0.1, -0.05) is 12.2 Å². The number of hydrogen-bond donors (Lipinski definition) is 0. The summed E-state index contributed by atoms with van der Waals surface area (Å²) in [6.45, 7) is 1.30. The Morgan fingerprint density at radius 3 is 2.76 bits per heavy atom. The van der Waals surface area contributed by atoms with Crippen LogP contribution in [0.3, 0.4) is 0 Å². The molecule has 0 aromatic carbocycles. The Morgan fingerprint density at radius 1 is 1.24 bits per heavy atom. The fourth-order valence-electron chi connectivity index (χ4n) is 5.60. The molecule has 0 saturated carbocycles. The molecule has 8 heteroatoms. The van der Waals surface area contributed by atoms with Gasteiger partial charge in [-0.3, -0.25) is 9.69 Å². The van der Waals surface area contributed by atoms with E-state index >= 15 is 0 Å². The molecule has 6 nitrogen and oxygen atoms in total. The zero-order valence-electron chi connectivity index (χ0n) is 16.8. The number of likely N-dealkylation sites (N-methyl/N-ethyl adjacent to an activating group) is 1. The number of rotatable bonds is 3. The van der Waals surface area contributed by atoms with Gasteiger partial charge in [0.1, 0.15) is 0 Å². The monoisotopic (exact) mass is 437 g/mol. The van der Waals surface area contributed by atoms with Crippen LogP contribution < -0.4 is 10.6 Å². The molecular formula is C21H28ClN3O3S. The highest BCUT2D eigenvalue weighted by molar-refractivity contribution is 7.91. The van der Waals surface area contributed by atoms with E-state index in [1.165, 1.54) is 34.7 Å². The molecule has 1 amide bonds. The van der Waals surface area contributed by atoms with E-state index in [2.05, 4.69) is 28.7 Å². The zero-order chi connectivity index (χ0) is 20.3. The molecule has 1 aromatic heterocycles. The zero-order valence-corrected chi connectivity index (χ0v) is 18.4. The Morgan fingerprint density at radius 2 is 2.00 bits per heavy atom. The van der Waals surface area contributed by atoms with Gasteiger partial charge in [0, 0.05) is 60.8 Å². The van der Waals surface area contributed by atoms with Crippen molar-refractivity contribution in [3.63, 3.8) is 0 Å². The van der Waals surface area contributed by atoms with Crippen molar-refractivity contribution in [2.24, 2.45) is 0 Å². The first-order valence-corrected chi connectivity index (χ1v) is 12.9. The van der Waals surface area contributed by atoms with Gasteiger partial charge in [-0.25, -0.2) is 8.42 Å². The van der Waals surface area contributed by atoms with E-state index in [4.69, 9.17) is 11.6 Å². The molecule has 3 atom stereocenters. The topological polar surface area (TPSA) is 62.6 Å². The molecule has 29 heavy (non-hydrogen) atoms. The fraction of sp³-hybridized carbons (Fsp3) is 0.667. The molecule has 0 radical (unpaired) electrons. The summed E-state index contributed by atoms with van der Waals surface area (Å²) in [5.41, 5.74) is 2.81. The first kappa shape index (κ1) is 19.6. The highest BCUT2D eigenvalue weighted by Crippen LogP contribution is 2.41. The van der Waals surface area contributed by atoms with Crippen LogP contribution in [0.4, 0.5) is 0 Å². The summed E-state index contributed by atoms with van der Waals surface area (Å²) in [6.07, 6.45) is 9.11. The van der Waals surface area contributed by atoms with Crippen LogP contribution in [0.2, 0.25) is 0 Å². The highest BCUT2D eigenvalue weighted by Gasteiger charge is 2.40. The molecule has 5 rings (SSSR count). The molecule has 2 bridgehead atoms. The number of hydrogen-bond acceptors (Lipinski definition) is 4. The maximum atomic E-state index is 12.8. The minimum Gasteiger partial charge on any atom is -0.344 e. The van der Waals surface area contributed by atoms with Crippen LogP contribution in [-0.4, -0.2) is 71.8 Å². The first-order chi connectivity index (χ1) is 13.8. The molecule has 1 aliphatic carbocycles. The van der Waals surface area contributed by atoms with Crippen LogP contribution in [-0.2, 0) is 27.6 Å². The highest BCUT2D eigenvalue weighted by atomic mass is 35.5. The van der Waals surface area contributed by atoms with Gasteiger partial charge in [0.25, 0.3) is 0 Å². The Kier molecular flexibility index (Phi) is 4.83. The second-order valence-corrected chi connectivity index (χ2v) is 11.7. The molecular weight excluding hydrogens is 410 g/mol. The molecule has 158 valence electrons. The van der Waals surface area contributed by atoms with E-state index in [1.54, 1.807) is 4.90 Å². The van der Waals surface area contributed by atoms with Crippen molar-refractivity contribution in [3.8, 4) is 0 Å². The van der Waals surface area contributed by atoms with Crippen molar-refractivity contribution >= 4 is 39.5 Å². The van der Waals surface area contributed by atoms with Crippen molar-refractivity contribution in [1.29, 1.82) is 0 Å². The Balaban J connectivity index is 1.43. The van der Waals surface area contributed by atoms with Gasteiger partial charge in [0.2, 0.25) is 5.91 Å². The largest absolute Gasteiger partial charge is 0.344 e. The molecule has 3 unspecified atom stereocenters. The fourth-order valence-corrected chi connectivity index (χ4v) is 7.02. The number of aromatic nitrogens is 1. The average molecular weight is 438 g/mol. The number of amides is 1. The van der Waals surface area contributed by atoms with Gasteiger partial charge >= 0.3 is 0 Å². The lowest BCUT2D eigenvalue weighted by Gasteiger charge is -2.32. The number of fused-ring (bicyclic) bond motifs is 6. The molecule has 4 heterocycles. The number of alkyl halides is 1. The molecule has 2 saturated heterocycles. The second kappa shape index (κ2) is 7.13. The molecule has 4 aliphatic rings. The van der Waals surface area contributed by atoms with E-state index in [-0.39, 0.29) is 22.8 Å². The summed E-state index contributed by atoms with van der Waals surface area (Å²) in [6, 6.07) is 1.03. The number of sulfone groups is 1. The predicted octanol–water partition coefficient (Wildman–Crippen LogP) is 0.399. The Labute approximate surface area is 176 Å². The van der Waals surface area contributed by atoms with Gasteiger partial charge in [-0.15, -0.1) is 11.6 Å². The minimum atomic E-state index is -2.97. The van der Waals surface area contributed by atoms with Crippen LogP contribution in [0.1, 0.15) is 43.0 Å². The van der Waals surface area contributed by atoms with Crippen molar-refractivity contribution in [2.75, 3.05) is 31.6 Å². The van der Waals surface area contributed by atoms with Gasteiger partial charge in [0.15, 0.2) is 9.84 Å². The van der Waals surface area contributed by atoms with Crippen molar-refractivity contribution < 1.29 is 13.2 Å². The first-order valence-electron chi connectivity index (χ1n) is 10.6. The standard InChI is InChI=1S/C21H28ClN3O3S/c1-23-15-3-5-18(23)21-16-12-14(22)2-4-17(16)25(19(21)13-15)7-6-20(26)24-8-10-29(27,28)11-9-24/h4,12,14-15,18H,2-3,5-11,13H2,1H3. The second-order valence-electron chi connectivity index (χ2n) is 8.83. The lowest BCUT2D eigenvalue weighted by atomic mass is 9.97. The van der Waals surface area contributed by atoms with E-state index in [0.717, 1.165) is 12.8 Å². The van der Waals surface area contributed by atoms with Crippen molar-refractivity contribution in [3.05, 3.63) is 21.8 Å². The Bertz CT molecular complexity index is 1060. The third-order valence-corrected chi connectivity index (χ3v) is 9.14. The van der Waals surface area contributed by atoms with Gasteiger partial charge < -0.3 is 9.47 Å². The lowest BCUT2D eigenvalue weighted by molar-refractivity contribution is -0.131. The molecule has 0 spiro atoms. The maximum absolute atomic E-state index is 12.8. The van der Waals surface area contributed by atoms with Crippen LogP contribution in [0.5, 0.6) is 0 Å². The average Bonchev–Trinajstić information content (AvgIpc) is 3.09. The van der Waals surface area contributed by atoms with E-state index < -0.39 is 9.84 Å². The minimum absolute atomic E-state index is 0.0313. The third-order valence-electron chi connectivity index (χ3n) is 7.23. The van der Waals surface area contributed by atoms with Crippen molar-refractivity contribution in [2.45, 2.75) is 56.1 Å². The SMILES string of the molecule is CN1C2CCC1c1c(n(CCC(=O)N3CCS(=O)(=O)CC3)c3c1=CC(Cl)CC=3)C2. The molecule has 1 aromatic rings. The molecule has 0 N–H and O–H groups in total. The summed E-state index contributed by atoms with van der Waals surface area (Å²) < 4.78 is 25.6. The summed E-state index contributed by atoms with van der Waals surface area (Å²) in [5.74, 6) is 0.229. The summed E-state index contributed by atoms with van der Waals surface area (Å²) in [7, 11) is -0.743. The number of halogens is 1. The van der Waals surface area contributed by atoms with E-state index in [9.17, 15) is 13.2 Å². The van der Waals surface area contributed by atoms with E-state index in [1.807, 2.05) is 0 Å². The van der Waals surface area contributed by atoms with Crippen LogP contribution in [0.25, 0.3) is 12.2 Å². The summed E-state index contributed by atoms with van der Waals surface area (Å²) in [5, 5.41) is 2.53. The van der Waals surface area contributed by atoms with Gasteiger partial charge in [0.05, 0.1) is 16.9 Å². The van der Waals surface area contributed by atoms with Crippen LogP contribution in [0, 0.1) is 0 Å². The summed E-state index contributed by atoms with van der Waals surface area (Å²) >= 11 is 6.47. The third kappa shape index (κ3) is 3.35.